The van der Waals surface area contributed by atoms with Gasteiger partial charge in [0, 0.05) is 36.6 Å². The van der Waals surface area contributed by atoms with Crippen LogP contribution in [-0.4, -0.2) is 27.5 Å². The Balaban J connectivity index is 2.47. The molecule has 0 unspecified atom stereocenters. The average molecular weight is 243 g/mol. The Labute approximate surface area is 100 Å². The van der Waals surface area contributed by atoms with Crippen LogP contribution in [0.2, 0.25) is 0 Å². The molecule has 84 valence electrons. The molecule has 0 spiro atoms. The van der Waals surface area contributed by atoms with E-state index in [2.05, 4.69) is 23.7 Å². The highest BCUT2D eigenvalue weighted by Crippen LogP contribution is 2.12. The lowest BCUT2D eigenvalue weighted by Crippen LogP contribution is -2.32. The molecule has 0 aromatic carbocycles. The molecule has 0 saturated heterocycles. The van der Waals surface area contributed by atoms with Gasteiger partial charge in [0.2, 0.25) is 0 Å². The molecule has 0 atom stereocenters. The zero-order valence-corrected chi connectivity index (χ0v) is 10.8. The first-order valence-corrected chi connectivity index (χ1v) is 6.28. The fourth-order valence-corrected chi connectivity index (χ4v) is 2.00. The van der Waals surface area contributed by atoms with Crippen LogP contribution in [-0.2, 0) is 6.54 Å². The molecule has 0 amide bonds. The van der Waals surface area contributed by atoms with Crippen molar-refractivity contribution < 1.29 is 0 Å². The SMILES string of the molecule is CC(C)N(CCC(N)=S)Cc1cncs1. The first-order valence-electron chi connectivity index (χ1n) is 4.99. The molecular formula is C10H17N3S2. The van der Waals surface area contributed by atoms with Crippen molar-refractivity contribution in [2.45, 2.75) is 32.9 Å². The van der Waals surface area contributed by atoms with Crippen molar-refractivity contribution in [1.29, 1.82) is 0 Å². The molecule has 2 N–H and O–H groups in total. The van der Waals surface area contributed by atoms with Gasteiger partial charge in [-0.15, -0.1) is 11.3 Å². The largest absolute Gasteiger partial charge is 0.393 e. The van der Waals surface area contributed by atoms with Gasteiger partial charge in [0.25, 0.3) is 0 Å². The van der Waals surface area contributed by atoms with E-state index in [1.165, 1.54) is 4.88 Å². The molecule has 0 aliphatic rings. The van der Waals surface area contributed by atoms with Gasteiger partial charge < -0.3 is 5.73 Å². The van der Waals surface area contributed by atoms with Gasteiger partial charge in [-0.05, 0) is 13.8 Å². The molecule has 0 aliphatic carbocycles. The highest BCUT2D eigenvalue weighted by molar-refractivity contribution is 7.80. The van der Waals surface area contributed by atoms with Crippen LogP contribution in [0, 0.1) is 0 Å². The van der Waals surface area contributed by atoms with E-state index in [0.717, 1.165) is 19.5 Å². The number of rotatable bonds is 6. The van der Waals surface area contributed by atoms with E-state index in [4.69, 9.17) is 18.0 Å². The summed E-state index contributed by atoms with van der Waals surface area (Å²) in [4.78, 5) is 8.30. The summed E-state index contributed by atoms with van der Waals surface area (Å²) in [5.41, 5.74) is 7.37. The predicted molar refractivity (Wildman–Crippen MR) is 69.1 cm³/mol. The lowest BCUT2D eigenvalue weighted by molar-refractivity contribution is 0.221. The van der Waals surface area contributed by atoms with E-state index < -0.39 is 0 Å². The van der Waals surface area contributed by atoms with E-state index in [1.807, 2.05) is 11.7 Å². The van der Waals surface area contributed by atoms with Gasteiger partial charge in [0.1, 0.15) is 0 Å². The maximum atomic E-state index is 5.51. The third-order valence-electron chi connectivity index (χ3n) is 2.22. The Kier molecular flexibility index (Phi) is 5.14. The van der Waals surface area contributed by atoms with Crippen molar-refractivity contribution in [3.8, 4) is 0 Å². The van der Waals surface area contributed by atoms with Crippen LogP contribution >= 0.6 is 23.6 Å². The van der Waals surface area contributed by atoms with Gasteiger partial charge >= 0.3 is 0 Å². The van der Waals surface area contributed by atoms with Gasteiger partial charge in [0.05, 0.1) is 10.5 Å². The van der Waals surface area contributed by atoms with Crippen molar-refractivity contribution in [2.24, 2.45) is 5.73 Å². The van der Waals surface area contributed by atoms with Crippen LogP contribution in [0.3, 0.4) is 0 Å². The Hall–Kier alpha value is -0.520. The number of nitrogens with zero attached hydrogens (tertiary/aromatic N) is 2. The molecule has 0 aliphatic heterocycles. The molecule has 0 radical (unpaired) electrons. The summed E-state index contributed by atoms with van der Waals surface area (Å²) >= 11 is 6.58. The minimum absolute atomic E-state index is 0.501. The normalized spacial score (nSPS) is 11.2. The Morgan fingerprint density at radius 2 is 2.40 bits per heavy atom. The van der Waals surface area contributed by atoms with Crippen LogP contribution in [0.4, 0.5) is 0 Å². The average Bonchev–Trinajstić information content (AvgIpc) is 2.63. The van der Waals surface area contributed by atoms with Crippen molar-refractivity contribution in [1.82, 2.24) is 9.88 Å². The summed E-state index contributed by atoms with van der Waals surface area (Å²) in [6.45, 7) is 6.22. The highest BCUT2D eigenvalue weighted by atomic mass is 32.1. The number of thiazole rings is 1. The van der Waals surface area contributed by atoms with Crippen molar-refractivity contribution in [3.63, 3.8) is 0 Å². The molecular weight excluding hydrogens is 226 g/mol. The quantitative estimate of drug-likeness (QED) is 0.776. The maximum absolute atomic E-state index is 5.51. The molecule has 3 nitrogen and oxygen atoms in total. The zero-order chi connectivity index (χ0) is 11.3. The Bertz CT molecular complexity index is 296. The first-order chi connectivity index (χ1) is 7.09. The summed E-state index contributed by atoms with van der Waals surface area (Å²) in [5.74, 6) is 0. The Morgan fingerprint density at radius 1 is 1.67 bits per heavy atom. The maximum Gasteiger partial charge on any atom is 0.0794 e. The van der Waals surface area contributed by atoms with Crippen molar-refractivity contribution in [3.05, 3.63) is 16.6 Å². The molecule has 0 fully saturated rings. The number of aromatic nitrogens is 1. The van der Waals surface area contributed by atoms with E-state index in [-0.39, 0.29) is 0 Å². The molecule has 15 heavy (non-hydrogen) atoms. The predicted octanol–water partition coefficient (Wildman–Crippen LogP) is 2.03. The molecule has 1 rings (SSSR count). The van der Waals surface area contributed by atoms with E-state index in [0.29, 0.717) is 11.0 Å². The summed E-state index contributed by atoms with van der Waals surface area (Å²) < 4.78 is 0. The lowest BCUT2D eigenvalue weighted by atomic mass is 10.2. The third kappa shape index (κ3) is 4.68. The fourth-order valence-electron chi connectivity index (χ4n) is 1.29. The Morgan fingerprint density at radius 3 is 2.87 bits per heavy atom. The number of hydrogen-bond donors (Lipinski definition) is 1. The van der Waals surface area contributed by atoms with Crippen LogP contribution in [0.15, 0.2) is 11.7 Å². The second-order valence-electron chi connectivity index (χ2n) is 3.75. The molecule has 1 heterocycles. The molecule has 1 aromatic heterocycles. The van der Waals surface area contributed by atoms with Gasteiger partial charge in [-0.3, -0.25) is 9.88 Å². The first kappa shape index (κ1) is 12.5. The van der Waals surface area contributed by atoms with Crippen LogP contribution < -0.4 is 5.73 Å². The molecule has 0 bridgehead atoms. The van der Waals surface area contributed by atoms with Gasteiger partial charge in [-0.2, -0.15) is 0 Å². The smallest absolute Gasteiger partial charge is 0.0794 e. The second kappa shape index (κ2) is 6.15. The van der Waals surface area contributed by atoms with Crippen LogP contribution in [0.25, 0.3) is 0 Å². The lowest BCUT2D eigenvalue weighted by Gasteiger charge is -2.25. The number of nitrogens with two attached hydrogens (primary N) is 1. The van der Waals surface area contributed by atoms with Crippen LogP contribution in [0.1, 0.15) is 25.1 Å². The molecule has 5 heteroatoms. The summed E-state index contributed by atoms with van der Waals surface area (Å²) in [6, 6.07) is 0.501. The fraction of sp³-hybridized carbons (Fsp3) is 0.600. The van der Waals surface area contributed by atoms with Gasteiger partial charge in [-0.1, -0.05) is 12.2 Å². The molecule has 0 saturated carbocycles. The van der Waals surface area contributed by atoms with E-state index in [9.17, 15) is 0 Å². The monoisotopic (exact) mass is 243 g/mol. The number of thiocarbonyl (C=S) groups is 1. The van der Waals surface area contributed by atoms with Gasteiger partial charge in [0.15, 0.2) is 0 Å². The minimum Gasteiger partial charge on any atom is -0.393 e. The van der Waals surface area contributed by atoms with E-state index >= 15 is 0 Å². The summed E-state index contributed by atoms with van der Waals surface area (Å²) in [6.07, 6.45) is 2.70. The highest BCUT2D eigenvalue weighted by Gasteiger charge is 2.10. The standard InChI is InChI=1S/C10H17N3S2/c1-8(2)13(4-3-10(11)14)6-9-5-12-7-15-9/h5,7-8H,3-4,6H2,1-2H3,(H2,11,14). The third-order valence-corrected chi connectivity index (χ3v) is 3.19. The number of hydrogen-bond acceptors (Lipinski definition) is 4. The van der Waals surface area contributed by atoms with Crippen molar-refractivity contribution in [2.75, 3.05) is 6.54 Å². The van der Waals surface area contributed by atoms with E-state index in [1.54, 1.807) is 11.3 Å². The summed E-state index contributed by atoms with van der Waals surface area (Å²) in [7, 11) is 0. The van der Waals surface area contributed by atoms with Gasteiger partial charge in [-0.25, -0.2) is 0 Å². The van der Waals surface area contributed by atoms with Crippen LogP contribution in [0.5, 0.6) is 0 Å². The summed E-state index contributed by atoms with van der Waals surface area (Å²) in [5, 5.41) is 0. The molecule has 1 aromatic rings. The zero-order valence-electron chi connectivity index (χ0n) is 9.14. The second-order valence-corrected chi connectivity index (χ2v) is 5.24. The minimum atomic E-state index is 0.501. The topological polar surface area (TPSA) is 42.1 Å². The van der Waals surface area contributed by atoms with Crippen molar-refractivity contribution >= 4 is 28.5 Å².